The number of hydrogen-bond acceptors (Lipinski definition) is 5. The number of ether oxygens (including phenoxy) is 1. The van der Waals surface area contributed by atoms with Crippen molar-refractivity contribution in [1.29, 1.82) is 0 Å². The summed E-state index contributed by atoms with van der Waals surface area (Å²) in [6.45, 7) is 5.11. The quantitative estimate of drug-likeness (QED) is 0.716. The van der Waals surface area contributed by atoms with Crippen molar-refractivity contribution in [2.75, 3.05) is 13.7 Å². The molecule has 1 N–H and O–H groups in total. The lowest BCUT2D eigenvalue weighted by atomic mass is 9.99. The molecular formula is C18H27N5O2. The second kappa shape index (κ2) is 9.76. The molecule has 25 heavy (non-hydrogen) atoms. The number of unbranched alkanes of at least 4 members (excludes halogenated alkanes) is 1. The summed E-state index contributed by atoms with van der Waals surface area (Å²) in [7, 11) is 1.61. The Kier molecular flexibility index (Phi) is 7.37. The van der Waals surface area contributed by atoms with Gasteiger partial charge in [-0.15, -0.1) is 10.2 Å². The van der Waals surface area contributed by atoms with Gasteiger partial charge < -0.3 is 10.1 Å². The molecule has 0 unspecified atom stereocenters. The Bertz CT molecular complexity index is 671. The number of rotatable bonds is 10. The van der Waals surface area contributed by atoms with Gasteiger partial charge in [0.25, 0.3) is 0 Å². The van der Waals surface area contributed by atoms with Crippen LogP contribution in [0.5, 0.6) is 5.75 Å². The number of carbonyl (C=O) groups is 1. The van der Waals surface area contributed by atoms with Gasteiger partial charge in [0, 0.05) is 12.1 Å². The average molecular weight is 345 g/mol. The number of hydrogen-bond donors (Lipinski definition) is 1. The van der Waals surface area contributed by atoms with Gasteiger partial charge in [0.1, 0.15) is 12.3 Å². The van der Waals surface area contributed by atoms with E-state index >= 15 is 0 Å². The predicted octanol–water partition coefficient (Wildman–Crippen LogP) is 2.68. The number of amides is 1. The first-order chi connectivity index (χ1) is 12.2. The van der Waals surface area contributed by atoms with E-state index < -0.39 is 0 Å². The zero-order valence-electron chi connectivity index (χ0n) is 15.2. The van der Waals surface area contributed by atoms with Gasteiger partial charge in [-0.1, -0.05) is 45.2 Å². The van der Waals surface area contributed by atoms with Gasteiger partial charge >= 0.3 is 0 Å². The molecule has 0 saturated carbocycles. The molecule has 0 spiro atoms. The molecule has 0 aliphatic rings. The molecule has 1 aromatic carbocycles. The van der Waals surface area contributed by atoms with E-state index in [2.05, 4.69) is 34.6 Å². The zero-order valence-corrected chi connectivity index (χ0v) is 15.2. The van der Waals surface area contributed by atoms with Crippen LogP contribution in [0.4, 0.5) is 0 Å². The Hall–Kier alpha value is -2.44. The smallest absolute Gasteiger partial charge is 0.243 e. The van der Waals surface area contributed by atoms with Crippen molar-refractivity contribution in [3.05, 3.63) is 24.3 Å². The fourth-order valence-corrected chi connectivity index (χ4v) is 2.57. The Morgan fingerprint density at radius 1 is 1.36 bits per heavy atom. The lowest BCUT2D eigenvalue weighted by Crippen LogP contribution is -2.32. The average Bonchev–Trinajstić information content (AvgIpc) is 3.10. The van der Waals surface area contributed by atoms with Crippen LogP contribution in [0.2, 0.25) is 0 Å². The number of methoxy groups -OCH3 is 1. The molecule has 0 aliphatic heterocycles. The van der Waals surface area contributed by atoms with E-state index in [1.807, 2.05) is 24.3 Å². The molecule has 1 amide bonds. The van der Waals surface area contributed by atoms with Crippen molar-refractivity contribution in [3.8, 4) is 17.1 Å². The summed E-state index contributed by atoms with van der Waals surface area (Å²) in [5, 5.41) is 15.2. The van der Waals surface area contributed by atoms with E-state index in [0.717, 1.165) is 24.2 Å². The highest BCUT2D eigenvalue weighted by Crippen LogP contribution is 2.19. The second-order valence-electron chi connectivity index (χ2n) is 6.10. The molecule has 7 nitrogen and oxygen atoms in total. The summed E-state index contributed by atoms with van der Waals surface area (Å²) in [4.78, 5) is 13.4. The first-order valence-corrected chi connectivity index (χ1v) is 8.85. The molecule has 1 heterocycles. The minimum absolute atomic E-state index is 0.0706. The van der Waals surface area contributed by atoms with Crippen LogP contribution in [0, 0.1) is 5.92 Å². The van der Waals surface area contributed by atoms with Crippen molar-refractivity contribution in [1.82, 2.24) is 25.5 Å². The summed E-state index contributed by atoms with van der Waals surface area (Å²) >= 11 is 0. The maximum absolute atomic E-state index is 12.1. The van der Waals surface area contributed by atoms with Crippen molar-refractivity contribution < 1.29 is 9.53 Å². The minimum atomic E-state index is -0.0930. The molecule has 136 valence electrons. The van der Waals surface area contributed by atoms with Crippen LogP contribution >= 0.6 is 0 Å². The first kappa shape index (κ1) is 18.9. The largest absolute Gasteiger partial charge is 0.497 e. The number of nitrogens with one attached hydrogen (secondary N) is 1. The summed E-state index contributed by atoms with van der Waals surface area (Å²) in [6, 6.07) is 7.43. The maximum atomic E-state index is 12.1. The Morgan fingerprint density at radius 2 is 2.20 bits per heavy atom. The van der Waals surface area contributed by atoms with E-state index in [0.29, 0.717) is 18.3 Å². The molecule has 1 aromatic heterocycles. The predicted molar refractivity (Wildman–Crippen MR) is 96.1 cm³/mol. The van der Waals surface area contributed by atoms with Gasteiger partial charge in [-0.2, -0.15) is 4.80 Å². The summed E-state index contributed by atoms with van der Waals surface area (Å²) in [5.41, 5.74) is 0.802. The lowest BCUT2D eigenvalue weighted by molar-refractivity contribution is -0.122. The molecule has 7 heteroatoms. The number of aromatic nitrogens is 4. The van der Waals surface area contributed by atoms with E-state index in [1.54, 1.807) is 7.11 Å². The van der Waals surface area contributed by atoms with Crippen LogP contribution in [0.1, 0.15) is 39.5 Å². The Morgan fingerprint density at radius 3 is 2.92 bits per heavy atom. The van der Waals surface area contributed by atoms with Gasteiger partial charge in [-0.25, -0.2) is 0 Å². The number of benzene rings is 1. The fraction of sp³-hybridized carbons (Fsp3) is 0.556. The molecule has 0 radical (unpaired) electrons. The van der Waals surface area contributed by atoms with E-state index in [9.17, 15) is 4.79 Å². The van der Waals surface area contributed by atoms with Gasteiger partial charge in [0.2, 0.25) is 11.7 Å². The van der Waals surface area contributed by atoms with Gasteiger partial charge in [0.15, 0.2) is 0 Å². The summed E-state index contributed by atoms with van der Waals surface area (Å²) in [5.74, 6) is 1.63. The highest BCUT2D eigenvalue weighted by Gasteiger charge is 2.12. The van der Waals surface area contributed by atoms with E-state index in [4.69, 9.17) is 4.74 Å². The fourth-order valence-electron chi connectivity index (χ4n) is 2.57. The number of tetrazole rings is 1. The molecule has 0 saturated heterocycles. The van der Waals surface area contributed by atoms with Crippen LogP contribution < -0.4 is 10.1 Å². The molecular weight excluding hydrogens is 318 g/mol. The maximum Gasteiger partial charge on any atom is 0.243 e. The first-order valence-electron chi connectivity index (χ1n) is 8.85. The number of carbonyl (C=O) groups excluding carboxylic acids is 1. The van der Waals surface area contributed by atoms with Crippen LogP contribution in [0.25, 0.3) is 11.4 Å². The molecule has 2 aromatic rings. The van der Waals surface area contributed by atoms with E-state index in [1.165, 1.54) is 17.6 Å². The monoisotopic (exact) mass is 345 g/mol. The third kappa shape index (κ3) is 5.85. The van der Waals surface area contributed by atoms with Gasteiger partial charge in [-0.05, 0) is 29.7 Å². The molecule has 0 bridgehead atoms. The Labute approximate surface area is 148 Å². The highest BCUT2D eigenvalue weighted by atomic mass is 16.5. The van der Waals surface area contributed by atoms with Gasteiger partial charge in [-0.3, -0.25) is 4.79 Å². The summed E-state index contributed by atoms with van der Waals surface area (Å²) in [6.07, 6.45) is 4.60. The SMILES string of the molecule is CCCC[C@H](CC)CNC(=O)Cn1nnc(-c2cccc(OC)c2)n1. The topological polar surface area (TPSA) is 81.9 Å². The van der Waals surface area contributed by atoms with Crippen molar-refractivity contribution >= 4 is 5.91 Å². The van der Waals surface area contributed by atoms with Crippen LogP contribution in [-0.4, -0.2) is 39.8 Å². The van der Waals surface area contributed by atoms with E-state index in [-0.39, 0.29) is 12.5 Å². The third-order valence-electron chi connectivity index (χ3n) is 4.20. The molecule has 1 atom stereocenters. The standard InChI is InChI=1S/C18H27N5O2/c1-4-6-8-14(5-2)12-19-17(24)13-23-21-18(20-22-23)15-9-7-10-16(11-15)25-3/h7,9-11,14H,4-6,8,12-13H2,1-3H3,(H,19,24)/t14-/m0/s1. The van der Waals surface area contributed by atoms with Crippen molar-refractivity contribution in [2.24, 2.45) is 5.92 Å². The second-order valence-corrected chi connectivity index (χ2v) is 6.10. The zero-order chi connectivity index (χ0) is 18.1. The van der Waals surface area contributed by atoms with Crippen molar-refractivity contribution in [2.45, 2.75) is 46.1 Å². The van der Waals surface area contributed by atoms with Crippen LogP contribution in [0.3, 0.4) is 0 Å². The molecule has 0 fully saturated rings. The van der Waals surface area contributed by atoms with Crippen LogP contribution in [-0.2, 0) is 11.3 Å². The minimum Gasteiger partial charge on any atom is -0.497 e. The van der Waals surface area contributed by atoms with Crippen LogP contribution in [0.15, 0.2) is 24.3 Å². The lowest BCUT2D eigenvalue weighted by Gasteiger charge is -2.14. The number of nitrogens with zero attached hydrogens (tertiary/aromatic N) is 4. The molecule has 0 aliphatic carbocycles. The molecule has 2 rings (SSSR count). The van der Waals surface area contributed by atoms with Gasteiger partial charge in [0.05, 0.1) is 7.11 Å². The highest BCUT2D eigenvalue weighted by molar-refractivity contribution is 5.75. The Balaban J connectivity index is 1.88. The normalized spacial score (nSPS) is 12.0. The third-order valence-corrected chi connectivity index (χ3v) is 4.20. The summed E-state index contributed by atoms with van der Waals surface area (Å²) < 4.78 is 5.19. The van der Waals surface area contributed by atoms with Crippen molar-refractivity contribution in [3.63, 3.8) is 0 Å².